The smallest absolute Gasteiger partial charge is 0.322 e. The van der Waals surface area contributed by atoms with Crippen molar-refractivity contribution < 1.29 is 9.59 Å². The number of nitrogens with zero attached hydrogens (tertiary/aromatic N) is 2. The molecule has 1 aromatic heterocycles. The zero-order valence-electron chi connectivity index (χ0n) is 8.94. The van der Waals surface area contributed by atoms with Crippen molar-refractivity contribution in [1.29, 1.82) is 0 Å². The topological polar surface area (TPSA) is 74.3 Å². The number of halogens is 1. The Balaban J connectivity index is 2.02. The highest BCUT2D eigenvalue weighted by Crippen LogP contribution is 2.17. The molecular formula is C10H11ClN4O2. The second-order valence-electron chi connectivity index (χ2n) is 3.54. The van der Waals surface area contributed by atoms with Gasteiger partial charge in [-0.3, -0.25) is 4.79 Å². The van der Waals surface area contributed by atoms with E-state index in [1.807, 2.05) is 0 Å². The van der Waals surface area contributed by atoms with Crippen molar-refractivity contribution in [1.82, 2.24) is 15.2 Å². The largest absolute Gasteiger partial charge is 0.353 e. The number of carbonyl (C=O) groups is 2. The van der Waals surface area contributed by atoms with Crippen molar-refractivity contribution in [3.05, 3.63) is 23.5 Å². The van der Waals surface area contributed by atoms with Crippen LogP contribution in [0.4, 0.5) is 10.5 Å². The van der Waals surface area contributed by atoms with Crippen LogP contribution in [-0.2, 0) is 4.79 Å². The highest BCUT2D eigenvalue weighted by molar-refractivity contribution is 6.32. The normalized spacial score (nSPS) is 15.4. The lowest BCUT2D eigenvalue weighted by atomic mass is 10.3. The van der Waals surface area contributed by atoms with Gasteiger partial charge in [-0.2, -0.15) is 0 Å². The van der Waals surface area contributed by atoms with Gasteiger partial charge in [0.05, 0.1) is 5.69 Å². The number of hydrogen-bond donors (Lipinski definition) is 2. The lowest BCUT2D eigenvalue weighted by Gasteiger charge is -2.26. The van der Waals surface area contributed by atoms with Gasteiger partial charge in [0.25, 0.3) is 0 Å². The lowest BCUT2D eigenvalue weighted by molar-refractivity contribution is -0.123. The van der Waals surface area contributed by atoms with Crippen LogP contribution in [0.2, 0.25) is 5.15 Å². The van der Waals surface area contributed by atoms with Crippen LogP contribution in [0, 0.1) is 0 Å². The number of carbonyl (C=O) groups excluding carboxylic acids is 2. The van der Waals surface area contributed by atoms with Crippen LogP contribution in [0.1, 0.15) is 0 Å². The third-order valence-corrected chi connectivity index (χ3v) is 2.63. The molecule has 1 aliphatic rings. The zero-order valence-corrected chi connectivity index (χ0v) is 9.70. The molecule has 0 aromatic carbocycles. The summed E-state index contributed by atoms with van der Waals surface area (Å²) in [7, 11) is 0. The molecular weight excluding hydrogens is 244 g/mol. The maximum absolute atomic E-state index is 11.8. The maximum atomic E-state index is 11.8. The van der Waals surface area contributed by atoms with Crippen LogP contribution in [0.25, 0.3) is 0 Å². The molecule has 3 amide bonds. The van der Waals surface area contributed by atoms with Crippen molar-refractivity contribution in [2.75, 3.05) is 25.0 Å². The molecule has 0 saturated carbocycles. The quantitative estimate of drug-likeness (QED) is 0.725. The molecule has 7 heteroatoms. The molecule has 6 nitrogen and oxygen atoms in total. The number of amides is 3. The summed E-state index contributed by atoms with van der Waals surface area (Å²) in [5.41, 5.74) is 0.435. The molecule has 2 rings (SSSR count). The van der Waals surface area contributed by atoms with E-state index in [4.69, 9.17) is 11.6 Å². The summed E-state index contributed by atoms with van der Waals surface area (Å²) in [6.07, 6.45) is 1.53. The van der Waals surface area contributed by atoms with Crippen LogP contribution >= 0.6 is 11.6 Å². The molecule has 1 fully saturated rings. The third-order valence-electron chi connectivity index (χ3n) is 2.33. The molecule has 0 spiro atoms. The van der Waals surface area contributed by atoms with E-state index in [2.05, 4.69) is 15.6 Å². The summed E-state index contributed by atoms with van der Waals surface area (Å²) < 4.78 is 0. The van der Waals surface area contributed by atoms with Crippen LogP contribution in [0.5, 0.6) is 0 Å². The second-order valence-corrected chi connectivity index (χ2v) is 3.90. The molecule has 17 heavy (non-hydrogen) atoms. The van der Waals surface area contributed by atoms with Crippen LogP contribution in [-0.4, -0.2) is 41.5 Å². The number of pyridine rings is 1. The Labute approximate surface area is 103 Å². The van der Waals surface area contributed by atoms with Gasteiger partial charge in [0.1, 0.15) is 6.54 Å². The maximum Gasteiger partial charge on any atom is 0.322 e. The van der Waals surface area contributed by atoms with Gasteiger partial charge in [0.2, 0.25) is 5.91 Å². The standard InChI is InChI=1S/C10H11ClN4O2/c11-9-7(2-1-3-13-9)14-10(17)15-5-4-12-8(16)6-15/h1-3H,4-6H2,(H,12,16)(H,14,17). The van der Waals surface area contributed by atoms with Crippen molar-refractivity contribution in [3.63, 3.8) is 0 Å². The predicted molar refractivity (Wildman–Crippen MR) is 62.8 cm³/mol. The number of aromatic nitrogens is 1. The van der Waals surface area contributed by atoms with E-state index in [0.717, 1.165) is 0 Å². The molecule has 0 unspecified atom stereocenters. The van der Waals surface area contributed by atoms with Gasteiger partial charge in [-0.05, 0) is 12.1 Å². The fraction of sp³-hybridized carbons (Fsp3) is 0.300. The number of urea groups is 1. The van der Waals surface area contributed by atoms with E-state index in [1.54, 1.807) is 12.1 Å². The van der Waals surface area contributed by atoms with E-state index in [9.17, 15) is 9.59 Å². The summed E-state index contributed by atoms with van der Waals surface area (Å²) in [5, 5.41) is 5.48. The average Bonchev–Trinajstić information content (AvgIpc) is 2.32. The minimum Gasteiger partial charge on any atom is -0.353 e. The van der Waals surface area contributed by atoms with Gasteiger partial charge >= 0.3 is 6.03 Å². The first-order chi connectivity index (χ1) is 8.16. The second kappa shape index (κ2) is 5.01. The fourth-order valence-electron chi connectivity index (χ4n) is 1.49. The zero-order chi connectivity index (χ0) is 12.3. The molecule has 0 atom stereocenters. The highest BCUT2D eigenvalue weighted by atomic mass is 35.5. The van der Waals surface area contributed by atoms with Crippen molar-refractivity contribution in [2.24, 2.45) is 0 Å². The number of rotatable bonds is 1. The molecule has 0 radical (unpaired) electrons. The van der Waals surface area contributed by atoms with Gasteiger partial charge in [0.15, 0.2) is 5.15 Å². The molecule has 90 valence electrons. The molecule has 0 aliphatic carbocycles. The van der Waals surface area contributed by atoms with Crippen molar-refractivity contribution in [3.8, 4) is 0 Å². The number of anilines is 1. The Morgan fingerprint density at radius 1 is 1.59 bits per heavy atom. The van der Waals surface area contributed by atoms with E-state index >= 15 is 0 Å². The summed E-state index contributed by atoms with van der Waals surface area (Å²) in [6.45, 7) is 1.01. The monoisotopic (exact) mass is 254 g/mol. The Kier molecular flexibility index (Phi) is 3.43. The lowest BCUT2D eigenvalue weighted by Crippen LogP contribution is -2.51. The summed E-state index contributed by atoms with van der Waals surface area (Å²) in [6, 6.07) is 2.97. The van der Waals surface area contributed by atoms with Gasteiger partial charge in [-0.25, -0.2) is 9.78 Å². The average molecular weight is 255 g/mol. The van der Waals surface area contributed by atoms with Crippen molar-refractivity contribution >= 4 is 29.2 Å². The molecule has 0 bridgehead atoms. The molecule has 2 heterocycles. The minimum absolute atomic E-state index is 0.0592. The first kappa shape index (κ1) is 11.7. The van der Waals surface area contributed by atoms with Gasteiger partial charge < -0.3 is 15.5 Å². The predicted octanol–water partition coefficient (Wildman–Crippen LogP) is 0.699. The first-order valence-corrected chi connectivity index (χ1v) is 5.48. The number of nitrogens with one attached hydrogen (secondary N) is 2. The van der Waals surface area contributed by atoms with Gasteiger partial charge in [-0.15, -0.1) is 0 Å². The Morgan fingerprint density at radius 2 is 2.41 bits per heavy atom. The summed E-state index contributed by atoms with van der Waals surface area (Å²) in [5.74, 6) is -0.163. The fourth-order valence-corrected chi connectivity index (χ4v) is 1.65. The van der Waals surface area contributed by atoms with Crippen molar-refractivity contribution in [2.45, 2.75) is 0 Å². The first-order valence-electron chi connectivity index (χ1n) is 5.10. The molecule has 1 aromatic rings. The van der Waals surface area contributed by atoms with Gasteiger partial charge in [0, 0.05) is 19.3 Å². The van der Waals surface area contributed by atoms with Crippen LogP contribution in [0.3, 0.4) is 0 Å². The Hall–Kier alpha value is -1.82. The number of piperazine rings is 1. The van der Waals surface area contributed by atoms with Gasteiger partial charge in [-0.1, -0.05) is 11.6 Å². The Morgan fingerprint density at radius 3 is 3.12 bits per heavy atom. The van der Waals surface area contributed by atoms with Crippen LogP contribution < -0.4 is 10.6 Å². The molecule has 1 aliphatic heterocycles. The van der Waals surface area contributed by atoms with Crippen LogP contribution in [0.15, 0.2) is 18.3 Å². The third kappa shape index (κ3) is 2.85. The minimum atomic E-state index is -0.352. The molecule has 1 saturated heterocycles. The van der Waals surface area contributed by atoms with E-state index in [0.29, 0.717) is 18.8 Å². The number of hydrogen-bond acceptors (Lipinski definition) is 3. The van der Waals surface area contributed by atoms with E-state index in [-0.39, 0.29) is 23.6 Å². The molecule has 2 N–H and O–H groups in total. The van der Waals surface area contributed by atoms with E-state index < -0.39 is 0 Å². The van der Waals surface area contributed by atoms with E-state index in [1.165, 1.54) is 11.1 Å². The SMILES string of the molecule is O=C1CN(C(=O)Nc2cccnc2Cl)CCN1. The summed E-state index contributed by atoms with van der Waals surface area (Å²) >= 11 is 5.81. The Bertz CT molecular complexity index is 452. The highest BCUT2D eigenvalue weighted by Gasteiger charge is 2.21. The summed E-state index contributed by atoms with van der Waals surface area (Å²) in [4.78, 5) is 28.2.